The fourth-order valence-corrected chi connectivity index (χ4v) is 4.71. The van der Waals surface area contributed by atoms with E-state index in [0.717, 1.165) is 16.7 Å². The summed E-state index contributed by atoms with van der Waals surface area (Å²) in [6.07, 6.45) is -0.976. The second-order valence-corrected chi connectivity index (χ2v) is 16.0. The predicted molar refractivity (Wildman–Crippen MR) is 155 cm³/mol. The summed E-state index contributed by atoms with van der Waals surface area (Å²) in [6, 6.07) is 19.9. The molecule has 0 bridgehead atoms. The Kier molecular flexibility index (Phi) is 13.4. The second kappa shape index (κ2) is 15.7. The molecule has 212 valence electrons. The lowest BCUT2D eigenvalue weighted by molar-refractivity contribution is -0.180. The fourth-order valence-electron chi connectivity index (χ4n) is 3.69. The highest BCUT2D eigenvalue weighted by Crippen LogP contribution is 2.37. The molecule has 2 rings (SSSR count). The van der Waals surface area contributed by atoms with Crippen LogP contribution >= 0.6 is 0 Å². The lowest BCUT2D eigenvalue weighted by Gasteiger charge is -2.40. The van der Waals surface area contributed by atoms with Gasteiger partial charge in [-0.05, 0) is 48.7 Å². The van der Waals surface area contributed by atoms with Gasteiger partial charge in [-0.25, -0.2) is 0 Å². The zero-order valence-electron chi connectivity index (χ0n) is 24.5. The van der Waals surface area contributed by atoms with Gasteiger partial charge >= 0.3 is 0 Å². The first-order chi connectivity index (χ1) is 18.0. The summed E-state index contributed by atoms with van der Waals surface area (Å²) in [7, 11) is -0.534. The van der Waals surface area contributed by atoms with Crippen molar-refractivity contribution in [1.82, 2.24) is 0 Å². The Balaban J connectivity index is 2.41. The molecule has 0 fully saturated rings. The maximum Gasteiger partial charge on any atom is 0.192 e. The summed E-state index contributed by atoms with van der Waals surface area (Å²) < 4.78 is 30.7. The van der Waals surface area contributed by atoms with Gasteiger partial charge < -0.3 is 28.5 Å². The van der Waals surface area contributed by atoms with Crippen molar-refractivity contribution in [1.29, 1.82) is 0 Å². The molecular weight excluding hydrogens is 496 g/mol. The number of allylic oxidation sites excluding steroid dienone is 1. The van der Waals surface area contributed by atoms with Gasteiger partial charge in [-0.15, -0.1) is 0 Å². The number of ether oxygens (including phenoxy) is 4. The van der Waals surface area contributed by atoms with Gasteiger partial charge in [0.25, 0.3) is 0 Å². The standard InChI is InChI=1S/C31H48O6Si/c1-9-24(2)29(36-23-33-6)28(32)30(35-21-26-18-14-11-15-19-26)27(22-37-38(7,8)31(3,4)5)34-20-25-16-12-10-13-17-25/h9-19,27-30,32H,20-23H2,1-8H3/b24-9+/t27-,28+,29-,30-/m1/s1. The Morgan fingerprint density at radius 1 is 0.895 bits per heavy atom. The van der Waals surface area contributed by atoms with E-state index in [0.29, 0.717) is 19.8 Å². The second-order valence-electron chi connectivity index (χ2n) is 11.2. The average molecular weight is 545 g/mol. The van der Waals surface area contributed by atoms with Crippen LogP contribution in [0.4, 0.5) is 0 Å². The third-order valence-electron chi connectivity index (χ3n) is 7.29. The molecule has 38 heavy (non-hydrogen) atoms. The number of aliphatic hydroxyl groups is 1. The van der Waals surface area contributed by atoms with Crippen LogP contribution in [0.3, 0.4) is 0 Å². The van der Waals surface area contributed by atoms with Crippen molar-refractivity contribution in [3.8, 4) is 0 Å². The third kappa shape index (κ3) is 10.0. The minimum absolute atomic E-state index is 0.0294. The fraction of sp³-hybridized carbons (Fsp3) is 0.548. The van der Waals surface area contributed by atoms with Crippen molar-refractivity contribution in [3.63, 3.8) is 0 Å². The molecule has 1 N–H and O–H groups in total. The zero-order chi connectivity index (χ0) is 28.2. The molecule has 7 heteroatoms. The van der Waals surface area contributed by atoms with Gasteiger partial charge in [-0.3, -0.25) is 0 Å². The number of hydrogen-bond donors (Lipinski definition) is 1. The summed E-state index contributed by atoms with van der Waals surface area (Å²) in [6.45, 7) is 16.0. The van der Waals surface area contributed by atoms with Gasteiger partial charge in [0.2, 0.25) is 0 Å². The highest BCUT2D eigenvalue weighted by Gasteiger charge is 2.41. The molecule has 0 heterocycles. The van der Waals surface area contributed by atoms with Gasteiger partial charge in [0.05, 0.1) is 19.8 Å². The number of methoxy groups -OCH3 is 1. The predicted octanol–water partition coefficient (Wildman–Crippen LogP) is 6.50. The zero-order valence-corrected chi connectivity index (χ0v) is 25.5. The first-order valence-corrected chi connectivity index (χ1v) is 16.3. The summed E-state index contributed by atoms with van der Waals surface area (Å²) in [5.41, 5.74) is 2.93. The summed E-state index contributed by atoms with van der Waals surface area (Å²) in [5.74, 6) is 0. The van der Waals surface area contributed by atoms with Crippen LogP contribution in [-0.2, 0) is 36.6 Å². The van der Waals surface area contributed by atoms with Gasteiger partial charge in [0.1, 0.15) is 31.2 Å². The lowest BCUT2D eigenvalue weighted by atomic mass is 9.97. The van der Waals surface area contributed by atoms with Gasteiger partial charge in [-0.2, -0.15) is 0 Å². The van der Waals surface area contributed by atoms with Crippen LogP contribution in [0.2, 0.25) is 18.1 Å². The maximum atomic E-state index is 11.8. The SMILES string of the molecule is C/C=C(\C)[C@@H](OCOC)[C@H](O)[C@H](OCc1ccccc1)[C@@H](CO[Si](C)(C)C(C)(C)C)OCc1ccccc1. The molecule has 0 aliphatic heterocycles. The van der Waals surface area contributed by atoms with E-state index < -0.39 is 32.7 Å². The first kappa shape index (κ1) is 32.4. The normalized spacial score (nSPS) is 16.2. The number of aliphatic hydroxyl groups excluding tert-OH is 1. The van der Waals surface area contributed by atoms with E-state index in [9.17, 15) is 5.11 Å². The minimum atomic E-state index is -2.10. The van der Waals surface area contributed by atoms with Crippen LogP contribution in [0.1, 0.15) is 45.7 Å². The molecule has 0 spiro atoms. The average Bonchev–Trinajstić information content (AvgIpc) is 2.90. The Hall–Kier alpha value is -1.84. The molecule has 0 unspecified atom stereocenters. The van der Waals surface area contributed by atoms with E-state index >= 15 is 0 Å². The molecule has 0 aromatic heterocycles. The Morgan fingerprint density at radius 3 is 1.89 bits per heavy atom. The molecule has 0 aliphatic rings. The molecule has 0 saturated carbocycles. The number of benzene rings is 2. The van der Waals surface area contributed by atoms with Crippen molar-refractivity contribution in [3.05, 3.63) is 83.4 Å². The minimum Gasteiger partial charge on any atom is -0.414 e. The van der Waals surface area contributed by atoms with Crippen molar-refractivity contribution in [2.24, 2.45) is 0 Å². The van der Waals surface area contributed by atoms with Crippen LogP contribution in [0.25, 0.3) is 0 Å². The smallest absolute Gasteiger partial charge is 0.192 e. The lowest BCUT2D eigenvalue weighted by Crippen LogP contribution is -2.52. The van der Waals surface area contributed by atoms with Crippen molar-refractivity contribution in [2.75, 3.05) is 20.5 Å². The van der Waals surface area contributed by atoms with Crippen LogP contribution in [0.5, 0.6) is 0 Å². The largest absolute Gasteiger partial charge is 0.414 e. The highest BCUT2D eigenvalue weighted by atomic mass is 28.4. The number of hydrogen-bond acceptors (Lipinski definition) is 6. The summed E-state index contributed by atoms with van der Waals surface area (Å²) in [4.78, 5) is 0. The van der Waals surface area contributed by atoms with Crippen LogP contribution < -0.4 is 0 Å². The van der Waals surface area contributed by atoms with Crippen molar-refractivity contribution in [2.45, 2.75) is 90.4 Å². The van der Waals surface area contributed by atoms with Gasteiger partial charge in [-0.1, -0.05) is 87.5 Å². The van der Waals surface area contributed by atoms with Gasteiger partial charge in [0.15, 0.2) is 8.32 Å². The maximum absolute atomic E-state index is 11.8. The topological polar surface area (TPSA) is 66.4 Å². The number of rotatable bonds is 16. The molecular formula is C31H48O6Si. The Morgan fingerprint density at radius 2 is 1.42 bits per heavy atom. The highest BCUT2D eigenvalue weighted by molar-refractivity contribution is 6.74. The molecule has 0 amide bonds. The van der Waals surface area contributed by atoms with E-state index in [2.05, 4.69) is 33.9 Å². The Bertz CT molecular complexity index is 942. The van der Waals surface area contributed by atoms with E-state index in [-0.39, 0.29) is 11.8 Å². The van der Waals surface area contributed by atoms with E-state index in [1.165, 1.54) is 0 Å². The van der Waals surface area contributed by atoms with Crippen LogP contribution in [0, 0.1) is 0 Å². The molecule has 0 radical (unpaired) electrons. The van der Waals surface area contributed by atoms with E-state index in [1.54, 1.807) is 7.11 Å². The van der Waals surface area contributed by atoms with Crippen LogP contribution in [-0.4, -0.2) is 58.3 Å². The summed E-state index contributed by atoms with van der Waals surface area (Å²) in [5, 5.41) is 11.8. The molecule has 0 aliphatic carbocycles. The molecule has 2 aromatic rings. The molecule has 4 atom stereocenters. The Labute approximate surface area is 231 Å². The third-order valence-corrected chi connectivity index (χ3v) is 11.8. The quantitative estimate of drug-likeness (QED) is 0.148. The van der Waals surface area contributed by atoms with Crippen LogP contribution in [0.15, 0.2) is 72.3 Å². The van der Waals surface area contributed by atoms with Crippen molar-refractivity contribution < 1.29 is 28.5 Å². The monoisotopic (exact) mass is 544 g/mol. The van der Waals surface area contributed by atoms with E-state index in [1.807, 2.05) is 80.6 Å². The van der Waals surface area contributed by atoms with Crippen molar-refractivity contribution >= 4 is 8.32 Å². The first-order valence-electron chi connectivity index (χ1n) is 13.4. The summed E-state index contributed by atoms with van der Waals surface area (Å²) >= 11 is 0. The van der Waals surface area contributed by atoms with Gasteiger partial charge in [0, 0.05) is 7.11 Å². The van der Waals surface area contributed by atoms with E-state index in [4.69, 9.17) is 23.4 Å². The molecule has 2 aromatic carbocycles. The molecule has 0 saturated heterocycles. The molecule has 6 nitrogen and oxygen atoms in total.